The molecule has 2 aliphatic carbocycles. The summed E-state index contributed by atoms with van der Waals surface area (Å²) in [6.45, 7) is 1.43. The topological polar surface area (TPSA) is 54.3 Å². The lowest BCUT2D eigenvalue weighted by molar-refractivity contribution is -0.139. The number of rotatable bonds is 4. The zero-order valence-corrected chi connectivity index (χ0v) is 14.5. The SMILES string of the molecule is Cn1cccc1C(=O)NCC1CCCN1C(=O)C12CCCCC1C2. The van der Waals surface area contributed by atoms with Gasteiger partial charge in [-0.15, -0.1) is 0 Å². The summed E-state index contributed by atoms with van der Waals surface area (Å²) in [4.78, 5) is 27.5. The monoisotopic (exact) mass is 329 g/mol. The van der Waals surface area contributed by atoms with Crippen molar-refractivity contribution in [2.75, 3.05) is 13.1 Å². The molecule has 1 aromatic rings. The molecule has 1 aromatic heterocycles. The van der Waals surface area contributed by atoms with Crippen LogP contribution in [0.4, 0.5) is 0 Å². The molecule has 1 N–H and O–H groups in total. The van der Waals surface area contributed by atoms with Crippen LogP contribution in [-0.4, -0.2) is 40.4 Å². The lowest BCUT2D eigenvalue weighted by atomic mass is 9.87. The number of amides is 2. The molecule has 130 valence electrons. The van der Waals surface area contributed by atoms with Crippen LogP contribution in [0.25, 0.3) is 0 Å². The van der Waals surface area contributed by atoms with E-state index in [0.29, 0.717) is 24.1 Å². The Bertz CT molecular complexity index is 653. The molecular weight excluding hydrogens is 302 g/mol. The molecule has 4 rings (SSSR count). The third-order valence-corrected chi connectivity index (χ3v) is 6.40. The number of nitrogens with one attached hydrogen (secondary N) is 1. The maximum Gasteiger partial charge on any atom is 0.267 e. The van der Waals surface area contributed by atoms with Crippen molar-refractivity contribution in [1.29, 1.82) is 0 Å². The van der Waals surface area contributed by atoms with E-state index in [2.05, 4.69) is 10.2 Å². The predicted octanol–water partition coefficient (Wildman–Crippen LogP) is 2.33. The van der Waals surface area contributed by atoms with Crippen molar-refractivity contribution < 1.29 is 9.59 Å². The zero-order chi connectivity index (χ0) is 16.7. The van der Waals surface area contributed by atoms with Gasteiger partial charge in [0.25, 0.3) is 5.91 Å². The molecule has 5 nitrogen and oxygen atoms in total. The van der Waals surface area contributed by atoms with Crippen LogP contribution in [0, 0.1) is 11.3 Å². The van der Waals surface area contributed by atoms with Crippen molar-refractivity contribution in [2.45, 2.75) is 51.0 Å². The van der Waals surface area contributed by atoms with E-state index in [1.165, 1.54) is 19.3 Å². The second-order valence-corrected chi connectivity index (χ2v) is 7.81. The summed E-state index contributed by atoms with van der Waals surface area (Å²) in [6, 6.07) is 3.86. The molecule has 1 aliphatic heterocycles. The number of carbonyl (C=O) groups excluding carboxylic acids is 2. The first kappa shape index (κ1) is 15.7. The van der Waals surface area contributed by atoms with Crippen molar-refractivity contribution in [3.63, 3.8) is 0 Å². The highest BCUT2D eigenvalue weighted by Gasteiger charge is 2.61. The Morgan fingerprint density at radius 1 is 1.29 bits per heavy atom. The molecular formula is C19H27N3O2. The largest absolute Gasteiger partial charge is 0.349 e. The minimum atomic E-state index is -0.0538. The van der Waals surface area contributed by atoms with E-state index in [9.17, 15) is 9.59 Å². The van der Waals surface area contributed by atoms with Crippen LogP contribution < -0.4 is 5.32 Å². The Morgan fingerprint density at radius 2 is 2.17 bits per heavy atom. The van der Waals surface area contributed by atoms with E-state index in [-0.39, 0.29) is 17.4 Å². The van der Waals surface area contributed by atoms with E-state index in [1.807, 2.05) is 29.9 Å². The summed E-state index contributed by atoms with van der Waals surface area (Å²) >= 11 is 0. The van der Waals surface area contributed by atoms with Gasteiger partial charge >= 0.3 is 0 Å². The number of fused-ring (bicyclic) bond motifs is 1. The average molecular weight is 329 g/mol. The van der Waals surface area contributed by atoms with E-state index in [0.717, 1.165) is 32.2 Å². The van der Waals surface area contributed by atoms with Crippen molar-refractivity contribution in [2.24, 2.45) is 18.4 Å². The van der Waals surface area contributed by atoms with E-state index in [1.54, 1.807) is 0 Å². The van der Waals surface area contributed by atoms with Gasteiger partial charge in [-0.05, 0) is 50.2 Å². The van der Waals surface area contributed by atoms with Crippen LogP contribution in [0.2, 0.25) is 0 Å². The predicted molar refractivity (Wildman–Crippen MR) is 91.5 cm³/mol. The van der Waals surface area contributed by atoms with Gasteiger partial charge in [-0.2, -0.15) is 0 Å². The summed E-state index contributed by atoms with van der Waals surface area (Å²) in [5.74, 6) is 0.961. The Hall–Kier alpha value is -1.78. The normalized spacial score (nSPS) is 31.6. The molecule has 2 saturated carbocycles. The number of likely N-dealkylation sites (tertiary alicyclic amines) is 1. The molecule has 2 heterocycles. The molecule has 2 amide bonds. The Balaban J connectivity index is 1.38. The maximum atomic E-state index is 13.1. The Labute approximate surface area is 143 Å². The summed E-state index contributed by atoms with van der Waals surface area (Å²) in [7, 11) is 1.87. The lowest BCUT2D eigenvalue weighted by Crippen LogP contribution is -2.46. The standard InChI is InChI=1S/C19H27N3O2/c1-21-10-5-8-16(21)17(23)20-13-15-7-4-11-22(15)18(24)19-9-3-2-6-14(19)12-19/h5,8,10,14-15H,2-4,6-7,9,11-13H2,1H3,(H,20,23). The third kappa shape index (κ3) is 2.54. The molecule has 24 heavy (non-hydrogen) atoms. The second-order valence-electron chi connectivity index (χ2n) is 7.81. The van der Waals surface area contributed by atoms with Gasteiger partial charge in [0.05, 0.1) is 5.41 Å². The minimum absolute atomic E-state index is 0.0248. The minimum Gasteiger partial charge on any atom is -0.349 e. The van der Waals surface area contributed by atoms with E-state index >= 15 is 0 Å². The van der Waals surface area contributed by atoms with Gasteiger partial charge in [-0.1, -0.05) is 12.8 Å². The van der Waals surface area contributed by atoms with Crippen molar-refractivity contribution in [3.8, 4) is 0 Å². The summed E-state index contributed by atoms with van der Waals surface area (Å²) in [5, 5.41) is 3.03. The highest BCUT2D eigenvalue weighted by atomic mass is 16.2. The number of hydrogen-bond acceptors (Lipinski definition) is 2. The van der Waals surface area contributed by atoms with Gasteiger partial charge < -0.3 is 14.8 Å². The van der Waals surface area contributed by atoms with Crippen molar-refractivity contribution in [3.05, 3.63) is 24.0 Å². The second kappa shape index (κ2) is 5.94. The van der Waals surface area contributed by atoms with Crippen LogP contribution in [0.3, 0.4) is 0 Å². The fourth-order valence-electron chi connectivity index (χ4n) is 4.86. The van der Waals surface area contributed by atoms with Gasteiger partial charge in [0.2, 0.25) is 5.91 Å². The van der Waals surface area contributed by atoms with Crippen LogP contribution in [0.5, 0.6) is 0 Å². The van der Waals surface area contributed by atoms with Crippen molar-refractivity contribution >= 4 is 11.8 Å². The molecule has 0 aromatic carbocycles. The Kier molecular flexibility index (Phi) is 3.89. The number of nitrogens with zero attached hydrogens (tertiary/aromatic N) is 2. The van der Waals surface area contributed by atoms with Crippen LogP contribution in [-0.2, 0) is 11.8 Å². The molecule has 0 bridgehead atoms. The lowest BCUT2D eigenvalue weighted by Gasteiger charge is -2.31. The molecule has 1 saturated heterocycles. The first-order valence-corrected chi connectivity index (χ1v) is 9.32. The highest BCUT2D eigenvalue weighted by molar-refractivity contribution is 5.92. The number of hydrogen-bond donors (Lipinski definition) is 1. The fourth-order valence-corrected chi connectivity index (χ4v) is 4.86. The molecule has 0 radical (unpaired) electrons. The molecule has 3 aliphatic rings. The van der Waals surface area contributed by atoms with Gasteiger partial charge in [0.15, 0.2) is 0 Å². The highest BCUT2D eigenvalue weighted by Crippen LogP contribution is 2.62. The van der Waals surface area contributed by atoms with Gasteiger partial charge in [0.1, 0.15) is 5.69 Å². The first-order valence-electron chi connectivity index (χ1n) is 9.32. The number of aromatic nitrogens is 1. The van der Waals surface area contributed by atoms with Gasteiger partial charge in [0, 0.05) is 32.4 Å². The molecule has 3 atom stereocenters. The molecule has 3 unspecified atom stereocenters. The maximum absolute atomic E-state index is 13.1. The van der Waals surface area contributed by atoms with Gasteiger partial charge in [-0.25, -0.2) is 0 Å². The van der Waals surface area contributed by atoms with E-state index < -0.39 is 0 Å². The van der Waals surface area contributed by atoms with Crippen LogP contribution in [0.1, 0.15) is 55.4 Å². The van der Waals surface area contributed by atoms with Gasteiger partial charge in [-0.3, -0.25) is 9.59 Å². The van der Waals surface area contributed by atoms with Crippen molar-refractivity contribution in [1.82, 2.24) is 14.8 Å². The first-order chi connectivity index (χ1) is 11.6. The quantitative estimate of drug-likeness (QED) is 0.922. The fraction of sp³-hybridized carbons (Fsp3) is 0.684. The number of carbonyl (C=O) groups is 2. The molecule has 5 heteroatoms. The van der Waals surface area contributed by atoms with Crippen LogP contribution in [0.15, 0.2) is 18.3 Å². The number of aryl methyl sites for hydroxylation is 1. The van der Waals surface area contributed by atoms with E-state index in [4.69, 9.17) is 0 Å². The Morgan fingerprint density at radius 3 is 2.92 bits per heavy atom. The summed E-state index contributed by atoms with van der Waals surface area (Å²) in [5.41, 5.74) is 0.641. The smallest absolute Gasteiger partial charge is 0.267 e. The average Bonchev–Trinajstić information content (AvgIpc) is 2.90. The van der Waals surface area contributed by atoms with Crippen LogP contribution >= 0.6 is 0 Å². The third-order valence-electron chi connectivity index (χ3n) is 6.40. The zero-order valence-electron chi connectivity index (χ0n) is 14.5. The molecule has 0 spiro atoms. The summed E-state index contributed by atoms with van der Waals surface area (Å²) < 4.78 is 1.82. The molecule has 3 fully saturated rings. The summed E-state index contributed by atoms with van der Waals surface area (Å²) in [6.07, 6.45) is 9.82.